The van der Waals surface area contributed by atoms with Crippen LogP contribution in [-0.4, -0.2) is 42.2 Å². The first kappa shape index (κ1) is 21.8. The molecule has 3 aromatic rings. The number of carbonyl (C=O) groups is 1. The Bertz CT molecular complexity index is 1120. The largest absolute Gasteiger partial charge is 0.389 e. The van der Waals surface area contributed by atoms with Crippen LogP contribution in [-0.2, 0) is 12.0 Å². The summed E-state index contributed by atoms with van der Waals surface area (Å²) in [6, 6.07) is 8.01. The van der Waals surface area contributed by atoms with Gasteiger partial charge in [0.1, 0.15) is 5.84 Å². The van der Waals surface area contributed by atoms with E-state index in [0.29, 0.717) is 5.56 Å². The van der Waals surface area contributed by atoms with Gasteiger partial charge < -0.3 is 10.4 Å². The standard InChI is InChI=1S/C24H28N6O2/c1-16-11-27-20(13-26-16)17-5-7-19(8-6-17)24(9-4-10-24)22(25)29-21(31)18-12-28-30(14-18)15-23(2,3)32/h5-8,11-14,32H,4,9-10,15H2,1-3H3,(H2,25,29,31). The molecule has 2 aromatic heterocycles. The van der Waals surface area contributed by atoms with Crippen molar-refractivity contribution in [1.82, 2.24) is 25.1 Å². The number of aryl methyl sites for hydroxylation is 1. The molecule has 1 aliphatic rings. The SMILES string of the molecule is Cc1cnc(-c2ccc(C3(C(=N)NC(=O)c4cnn(CC(C)(C)O)c4)CCC3)cc2)cn1. The fourth-order valence-corrected chi connectivity index (χ4v) is 3.98. The van der Waals surface area contributed by atoms with Gasteiger partial charge in [0.15, 0.2) is 0 Å². The van der Waals surface area contributed by atoms with E-state index in [4.69, 9.17) is 5.41 Å². The fraction of sp³-hybridized carbons (Fsp3) is 0.375. The third kappa shape index (κ3) is 4.45. The number of benzene rings is 1. The van der Waals surface area contributed by atoms with Crippen molar-refractivity contribution in [2.75, 3.05) is 0 Å². The highest BCUT2D eigenvalue weighted by Crippen LogP contribution is 2.44. The maximum absolute atomic E-state index is 12.7. The van der Waals surface area contributed by atoms with E-state index in [1.807, 2.05) is 31.2 Å². The van der Waals surface area contributed by atoms with Gasteiger partial charge in [-0.3, -0.25) is 24.9 Å². The lowest BCUT2D eigenvalue weighted by Gasteiger charge is -2.42. The molecule has 0 radical (unpaired) electrons. The van der Waals surface area contributed by atoms with Crippen molar-refractivity contribution in [3.05, 3.63) is 65.9 Å². The summed E-state index contributed by atoms with van der Waals surface area (Å²) in [7, 11) is 0. The van der Waals surface area contributed by atoms with Crippen LogP contribution >= 0.6 is 0 Å². The molecule has 1 amide bonds. The van der Waals surface area contributed by atoms with Crippen LogP contribution in [0.4, 0.5) is 0 Å². The monoisotopic (exact) mass is 432 g/mol. The lowest BCUT2D eigenvalue weighted by molar-refractivity contribution is 0.0576. The van der Waals surface area contributed by atoms with Gasteiger partial charge in [0, 0.05) is 18.0 Å². The fourth-order valence-electron chi connectivity index (χ4n) is 3.98. The number of nitrogens with zero attached hydrogens (tertiary/aromatic N) is 4. The zero-order valence-corrected chi connectivity index (χ0v) is 18.6. The van der Waals surface area contributed by atoms with Crippen molar-refractivity contribution in [3.63, 3.8) is 0 Å². The molecule has 0 spiro atoms. The highest BCUT2D eigenvalue weighted by molar-refractivity contribution is 6.09. The van der Waals surface area contributed by atoms with Crippen molar-refractivity contribution < 1.29 is 9.90 Å². The van der Waals surface area contributed by atoms with Gasteiger partial charge in [0.2, 0.25) is 0 Å². The summed E-state index contributed by atoms with van der Waals surface area (Å²) < 4.78 is 1.53. The number of amides is 1. The van der Waals surface area contributed by atoms with Gasteiger partial charge in [0.25, 0.3) is 5.91 Å². The van der Waals surface area contributed by atoms with Crippen LogP contribution < -0.4 is 5.32 Å². The first-order chi connectivity index (χ1) is 15.2. The van der Waals surface area contributed by atoms with E-state index in [0.717, 1.165) is 41.8 Å². The van der Waals surface area contributed by atoms with Gasteiger partial charge in [-0.15, -0.1) is 0 Å². The third-order valence-corrected chi connectivity index (χ3v) is 5.88. The minimum Gasteiger partial charge on any atom is -0.389 e. The molecule has 0 unspecified atom stereocenters. The summed E-state index contributed by atoms with van der Waals surface area (Å²) in [6.45, 7) is 5.54. The molecule has 1 fully saturated rings. The van der Waals surface area contributed by atoms with Gasteiger partial charge in [-0.1, -0.05) is 30.7 Å². The Morgan fingerprint density at radius 2 is 1.91 bits per heavy atom. The average Bonchev–Trinajstić information content (AvgIpc) is 3.15. The molecule has 1 saturated carbocycles. The van der Waals surface area contributed by atoms with Crippen LogP contribution in [0.2, 0.25) is 0 Å². The zero-order chi connectivity index (χ0) is 22.9. The Hall–Kier alpha value is -3.39. The average molecular weight is 433 g/mol. The molecule has 4 rings (SSSR count). The topological polar surface area (TPSA) is 117 Å². The minimum absolute atomic E-state index is 0.201. The highest BCUT2D eigenvalue weighted by Gasteiger charge is 2.43. The molecule has 8 heteroatoms. The highest BCUT2D eigenvalue weighted by atomic mass is 16.3. The first-order valence-electron chi connectivity index (χ1n) is 10.7. The summed E-state index contributed by atoms with van der Waals surface area (Å²) >= 11 is 0. The molecule has 8 nitrogen and oxygen atoms in total. The van der Waals surface area contributed by atoms with E-state index >= 15 is 0 Å². The van der Waals surface area contributed by atoms with Crippen LogP contribution in [0.5, 0.6) is 0 Å². The first-order valence-corrected chi connectivity index (χ1v) is 10.7. The van der Waals surface area contributed by atoms with Gasteiger partial charge in [-0.25, -0.2) is 0 Å². The Balaban J connectivity index is 1.48. The molecule has 1 aliphatic carbocycles. The third-order valence-electron chi connectivity index (χ3n) is 5.88. The maximum Gasteiger partial charge on any atom is 0.259 e. The molecule has 166 valence electrons. The predicted octanol–water partition coefficient (Wildman–Crippen LogP) is 3.25. The number of nitrogens with one attached hydrogen (secondary N) is 2. The minimum atomic E-state index is -0.932. The predicted molar refractivity (Wildman–Crippen MR) is 121 cm³/mol. The second-order valence-electron chi connectivity index (χ2n) is 9.12. The van der Waals surface area contributed by atoms with Crippen molar-refractivity contribution in [3.8, 4) is 11.3 Å². The van der Waals surface area contributed by atoms with Crippen LogP contribution in [0, 0.1) is 12.3 Å². The van der Waals surface area contributed by atoms with Crippen molar-refractivity contribution in [2.24, 2.45) is 0 Å². The molecule has 1 aromatic carbocycles. The summed E-state index contributed by atoms with van der Waals surface area (Å²) in [5.41, 5.74) is 2.59. The molecule has 0 bridgehead atoms. The van der Waals surface area contributed by atoms with Crippen LogP contribution in [0.1, 0.15) is 54.7 Å². The second-order valence-corrected chi connectivity index (χ2v) is 9.12. The molecular weight excluding hydrogens is 404 g/mol. The van der Waals surface area contributed by atoms with Gasteiger partial charge in [-0.2, -0.15) is 5.10 Å². The molecule has 3 N–H and O–H groups in total. The van der Waals surface area contributed by atoms with Crippen molar-refractivity contribution >= 4 is 11.7 Å². The molecule has 2 heterocycles. The summed E-state index contributed by atoms with van der Waals surface area (Å²) in [4.78, 5) is 21.5. The van der Waals surface area contributed by atoms with E-state index in [1.54, 1.807) is 32.4 Å². The number of hydrogen-bond acceptors (Lipinski definition) is 6. The lowest BCUT2D eigenvalue weighted by Crippen LogP contribution is -2.50. The van der Waals surface area contributed by atoms with Crippen LogP contribution in [0.25, 0.3) is 11.3 Å². The number of hydrogen-bond donors (Lipinski definition) is 3. The molecule has 0 atom stereocenters. The number of rotatable bonds is 6. The normalized spacial score (nSPS) is 15.1. The summed E-state index contributed by atoms with van der Waals surface area (Å²) in [5.74, 6) is -0.165. The van der Waals surface area contributed by atoms with Crippen molar-refractivity contribution in [2.45, 2.75) is 57.6 Å². The van der Waals surface area contributed by atoms with Gasteiger partial charge >= 0.3 is 0 Å². The Morgan fingerprint density at radius 1 is 1.19 bits per heavy atom. The number of aromatic nitrogens is 4. The van der Waals surface area contributed by atoms with Gasteiger partial charge in [-0.05, 0) is 39.2 Å². The Labute approximate surface area is 187 Å². The second kappa shape index (κ2) is 8.27. The quantitative estimate of drug-likeness (QED) is 0.408. The van der Waals surface area contributed by atoms with E-state index in [1.165, 1.54) is 10.9 Å². The van der Waals surface area contributed by atoms with E-state index in [9.17, 15) is 9.90 Å². The van der Waals surface area contributed by atoms with Crippen molar-refractivity contribution in [1.29, 1.82) is 5.41 Å². The van der Waals surface area contributed by atoms with Crippen LogP contribution in [0.3, 0.4) is 0 Å². The molecule has 0 aliphatic heterocycles. The Morgan fingerprint density at radius 3 is 2.47 bits per heavy atom. The van der Waals surface area contributed by atoms with Gasteiger partial charge in [0.05, 0.1) is 46.9 Å². The zero-order valence-electron chi connectivity index (χ0n) is 18.6. The van der Waals surface area contributed by atoms with Crippen LogP contribution in [0.15, 0.2) is 49.1 Å². The maximum atomic E-state index is 12.7. The number of amidine groups is 1. The molecule has 0 saturated heterocycles. The molecule has 32 heavy (non-hydrogen) atoms. The summed E-state index contributed by atoms with van der Waals surface area (Å²) in [6.07, 6.45) is 9.18. The molecular formula is C24H28N6O2. The van der Waals surface area contributed by atoms with E-state index in [-0.39, 0.29) is 18.3 Å². The smallest absolute Gasteiger partial charge is 0.259 e. The van der Waals surface area contributed by atoms with E-state index < -0.39 is 11.0 Å². The Kier molecular flexibility index (Phi) is 5.64. The lowest BCUT2D eigenvalue weighted by atomic mass is 9.63. The number of aliphatic hydroxyl groups is 1. The van der Waals surface area contributed by atoms with E-state index in [2.05, 4.69) is 20.4 Å². The number of carbonyl (C=O) groups excluding carboxylic acids is 1. The summed E-state index contributed by atoms with van der Waals surface area (Å²) in [5, 5.41) is 25.5.